The van der Waals surface area contributed by atoms with Crippen LogP contribution in [0.5, 0.6) is 0 Å². The van der Waals surface area contributed by atoms with Gasteiger partial charge in [-0.1, -0.05) is 0 Å². The van der Waals surface area contributed by atoms with Crippen molar-refractivity contribution in [3.05, 3.63) is 18.2 Å². The molecule has 2 heterocycles. The molecule has 0 spiro atoms. The van der Waals surface area contributed by atoms with Crippen LogP contribution in [0.1, 0.15) is 11.9 Å². The molecule has 0 amide bonds. The van der Waals surface area contributed by atoms with Gasteiger partial charge in [0, 0.05) is 6.20 Å². The summed E-state index contributed by atoms with van der Waals surface area (Å²) < 4.78 is 6.64. The van der Waals surface area contributed by atoms with E-state index in [0.29, 0.717) is 5.69 Å². The Hall–Kier alpha value is -1.48. The molecule has 1 aliphatic rings. The third kappa shape index (κ3) is 2.36. The summed E-state index contributed by atoms with van der Waals surface area (Å²) >= 11 is 0. The molecule has 8 heteroatoms. The van der Waals surface area contributed by atoms with E-state index in [2.05, 4.69) is 4.98 Å². The summed E-state index contributed by atoms with van der Waals surface area (Å²) in [6.45, 7) is -0.411. The minimum atomic E-state index is -1.20. The van der Waals surface area contributed by atoms with Gasteiger partial charge in [-0.25, -0.2) is 4.98 Å². The highest BCUT2D eigenvalue weighted by atomic mass is 16.6. The van der Waals surface area contributed by atoms with Crippen LogP contribution in [0.25, 0.3) is 0 Å². The van der Waals surface area contributed by atoms with E-state index in [-0.39, 0.29) is 6.42 Å². The number of hydrogen-bond donors (Lipinski definition) is 4. The highest BCUT2D eigenvalue weighted by molar-refractivity contribution is 5.69. The number of ether oxygens (including phenoxy) is 1. The maximum Gasteiger partial charge on any atom is 0.309 e. The number of carboxylic acid groups (broad SMARTS) is 1. The lowest BCUT2D eigenvalue weighted by Gasteiger charge is -2.15. The van der Waals surface area contributed by atoms with Crippen LogP contribution >= 0.6 is 0 Å². The number of rotatable bonds is 4. The van der Waals surface area contributed by atoms with Crippen molar-refractivity contribution in [2.45, 2.75) is 31.0 Å². The van der Waals surface area contributed by atoms with E-state index in [4.69, 9.17) is 14.9 Å². The van der Waals surface area contributed by atoms with Crippen LogP contribution in [0.3, 0.4) is 0 Å². The molecule has 0 radical (unpaired) electrons. The Morgan fingerprint density at radius 3 is 2.72 bits per heavy atom. The quantitative estimate of drug-likeness (QED) is 0.498. The van der Waals surface area contributed by atoms with Crippen molar-refractivity contribution in [2.75, 3.05) is 6.61 Å². The lowest BCUT2D eigenvalue weighted by molar-refractivity contribution is -0.136. The summed E-state index contributed by atoms with van der Waals surface area (Å²) in [6, 6.07) is 0. The van der Waals surface area contributed by atoms with Crippen LogP contribution in [0.2, 0.25) is 0 Å². The Morgan fingerprint density at radius 2 is 2.17 bits per heavy atom. The molecule has 100 valence electrons. The first-order chi connectivity index (χ1) is 8.52. The van der Waals surface area contributed by atoms with Gasteiger partial charge in [-0.2, -0.15) is 0 Å². The normalized spacial score (nSPS) is 31.7. The van der Waals surface area contributed by atoms with Gasteiger partial charge in [0.15, 0.2) is 6.23 Å². The number of carbonyl (C=O) groups is 1. The van der Waals surface area contributed by atoms with Crippen LogP contribution in [-0.4, -0.2) is 60.9 Å². The molecular weight excluding hydrogens is 244 g/mol. The first-order valence-electron chi connectivity index (χ1n) is 5.39. The van der Waals surface area contributed by atoms with Gasteiger partial charge in [-0.3, -0.25) is 4.79 Å². The van der Waals surface area contributed by atoms with Crippen molar-refractivity contribution in [1.29, 1.82) is 0 Å². The average molecular weight is 258 g/mol. The standard InChI is InChI=1S/C10H14N2O6/c13-3-6-8(16)9(17)10(18-6)12-2-5(11-4-12)1-7(14)15/h2,4,6,8-10,13,16-17H,1,3H2,(H,14,15)/t6-,8-,9-,10?/m1/s1. The molecule has 1 saturated heterocycles. The molecule has 1 aliphatic heterocycles. The predicted octanol–water partition coefficient (Wildman–Crippen LogP) is -1.88. The number of aromatic nitrogens is 2. The molecule has 0 aliphatic carbocycles. The van der Waals surface area contributed by atoms with E-state index in [9.17, 15) is 15.0 Å². The van der Waals surface area contributed by atoms with Crippen LogP contribution in [-0.2, 0) is 16.0 Å². The van der Waals surface area contributed by atoms with E-state index in [1.54, 1.807) is 0 Å². The summed E-state index contributed by atoms with van der Waals surface area (Å²) in [5.74, 6) is -1.01. The highest BCUT2D eigenvalue weighted by Gasteiger charge is 2.43. The third-order valence-electron chi connectivity index (χ3n) is 2.80. The molecule has 2 rings (SSSR count). The van der Waals surface area contributed by atoms with Crippen LogP contribution < -0.4 is 0 Å². The fourth-order valence-electron chi connectivity index (χ4n) is 1.89. The fourth-order valence-corrected chi connectivity index (χ4v) is 1.89. The van der Waals surface area contributed by atoms with Gasteiger partial charge in [-0.05, 0) is 0 Å². The average Bonchev–Trinajstić information content (AvgIpc) is 2.86. The second kappa shape index (κ2) is 5.02. The van der Waals surface area contributed by atoms with Gasteiger partial charge in [0.25, 0.3) is 0 Å². The van der Waals surface area contributed by atoms with E-state index in [1.807, 2.05) is 0 Å². The minimum absolute atomic E-state index is 0.234. The highest BCUT2D eigenvalue weighted by Crippen LogP contribution is 2.29. The molecule has 4 N–H and O–H groups in total. The second-order valence-corrected chi connectivity index (χ2v) is 4.11. The molecule has 4 atom stereocenters. The Labute approximate surface area is 102 Å². The third-order valence-corrected chi connectivity index (χ3v) is 2.80. The maximum atomic E-state index is 10.5. The first-order valence-corrected chi connectivity index (χ1v) is 5.39. The van der Waals surface area contributed by atoms with Gasteiger partial charge in [-0.15, -0.1) is 0 Å². The van der Waals surface area contributed by atoms with E-state index < -0.39 is 37.1 Å². The van der Waals surface area contributed by atoms with Gasteiger partial charge in [0.2, 0.25) is 0 Å². The first kappa shape index (κ1) is 13.0. The van der Waals surface area contributed by atoms with Crippen LogP contribution in [0.4, 0.5) is 0 Å². The number of aliphatic hydroxyl groups excluding tert-OH is 3. The fraction of sp³-hybridized carbons (Fsp3) is 0.600. The number of carboxylic acids is 1. The Morgan fingerprint density at radius 1 is 1.44 bits per heavy atom. The number of nitrogens with zero attached hydrogens (tertiary/aromatic N) is 2. The molecule has 1 aromatic rings. The molecule has 8 nitrogen and oxygen atoms in total. The molecule has 18 heavy (non-hydrogen) atoms. The monoisotopic (exact) mass is 258 g/mol. The Kier molecular flexibility index (Phi) is 3.62. The van der Waals surface area contributed by atoms with Crippen molar-refractivity contribution < 1.29 is 30.0 Å². The lowest BCUT2D eigenvalue weighted by atomic mass is 10.1. The zero-order valence-electron chi connectivity index (χ0n) is 9.38. The smallest absolute Gasteiger partial charge is 0.309 e. The topological polar surface area (TPSA) is 125 Å². The van der Waals surface area contributed by atoms with Crippen molar-refractivity contribution >= 4 is 5.97 Å². The van der Waals surface area contributed by atoms with Crippen molar-refractivity contribution in [3.8, 4) is 0 Å². The number of aliphatic hydroxyl groups is 3. The number of imidazole rings is 1. The van der Waals surface area contributed by atoms with Gasteiger partial charge in [0.05, 0.1) is 25.0 Å². The van der Waals surface area contributed by atoms with E-state index in [0.717, 1.165) is 0 Å². The molecular formula is C10H14N2O6. The molecule has 0 bridgehead atoms. The lowest BCUT2D eigenvalue weighted by Crippen LogP contribution is -2.33. The Balaban J connectivity index is 2.12. The molecule has 0 saturated carbocycles. The second-order valence-electron chi connectivity index (χ2n) is 4.11. The zero-order chi connectivity index (χ0) is 13.3. The summed E-state index contributed by atoms with van der Waals surface area (Å²) in [7, 11) is 0. The number of hydrogen-bond acceptors (Lipinski definition) is 6. The Bertz CT molecular complexity index is 434. The zero-order valence-corrected chi connectivity index (χ0v) is 9.38. The molecule has 1 aromatic heterocycles. The van der Waals surface area contributed by atoms with Crippen LogP contribution in [0.15, 0.2) is 12.5 Å². The molecule has 1 unspecified atom stereocenters. The summed E-state index contributed by atoms with van der Waals surface area (Å²) in [5, 5.41) is 36.9. The number of aliphatic carboxylic acids is 1. The molecule has 1 fully saturated rings. The van der Waals surface area contributed by atoms with Crippen molar-refractivity contribution in [1.82, 2.24) is 9.55 Å². The largest absolute Gasteiger partial charge is 0.481 e. The predicted molar refractivity (Wildman–Crippen MR) is 56.6 cm³/mol. The van der Waals surface area contributed by atoms with E-state index in [1.165, 1.54) is 17.1 Å². The molecule has 0 aromatic carbocycles. The van der Waals surface area contributed by atoms with Crippen molar-refractivity contribution in [3.63, 3.8) is 0 Å². The summed E-state index contributed by atoms with van der Waals surface area (Å²) in [5.41, 5.74) is 0.320. The summed E-state index contributed by atoms with van der Waals surface area (Å²) in [6.07, 6.45) is -1.63. The minimum Gasteiger partial charge on any atom is -0.481 e. The van der Waals surface area contributed by atoms with Gasteiger partial charge < -0.3 is 29.7 Å². The van der Waals surface area contributed by atoms with Crippen LogP contribution in [0, 0.1) is 0 Å². The SMILES string of the molecule is O=C(O)Cc1cn(C2O[C@H](CO)[C@@H](O)[C@H]2O)cn1. The van der Waals surface area contributed by atoms with Gasteiger partial charge >= 0.3 is 5.97 Å². The summed E-state index contributed by atoms with van der Waals surface area (Å²) in [4.78, 5) is 14.4. The maximum absolute atomic E-state index is 10.5. The van der Waals surface area contributed by atoms with E-state index >= 15 is 0 Å². The van der Waals surface area contributed by atoms with Gasteiger partial charge in [0.1, 0.15) is 18.3 Å². The van der Waals surface area contributed by atoms with Crippen molar-refractivity contribution in [2.24, 2.45) is 0 Å².